The summed E-state index contributed by atoms with van der Waals surface area (Å²) in [6.07, 6.45) is 3.09. The van der Waals surface area contributed by atoms with Crippen molar-refractivity contribution >= 4 is 5.91 Å². The van der Waals surface area contributed by atoms with Crippen molar-refractivity contribution in [2.24, 2.45) is 11.1 Å². The Morgan fingerprint density at radius 2 is 2.38 bits per heavy atom. The van der Waals surface area contributed by atoms with Gasteiger partial charge in [0.05, 0.1) is 11.7 Å². The summed E-state index contributed by atoms with van der Waals surface area (Å²) in [5.74, 6) is 0.898. The van der Waals surface area contributed by atoms with E-state index < -0.39 is 5.41 Å². The Labute approximate surface area is 96.2 Å². The van der Waals surface area contributed by atoms with Crippen LogP contribution >= 0.6 is 0 Å². The van der Waals surface area contributed by atoms with Gasteiger partial charge in [0.2, 0.25) is 5.91 Å². The van der Waals surface area contributed by atoms with E-state index in [1.54, 1.807) is 6.26 Å². The topological polar surface area (TPSA) is 68.3 Å². The molecule has 16 heavy (non-hydrogen) atoms. The first-order valence-corrected chi connectivity index (χ1v) is 5.63. The molecule has 0 bridgehead atoms. The average molecular weight is 224 g/mol. The molecule has 1 unspecified atom stereocenters. The summed E-state index contributed by atoms with van der Waals surface area (Å²) in [6, 6.07) is 3.74. The molecule has 1 aromatic rings. The van der Waals surface area contributed by atoms with Gasteiger partial charge in [-0.15, -0.1) is 0 Å². The molecule has 0 aliphatic rings. The van der Waals surface area contributed by atoms with Crippen LogP contribution in [0.15, 0.2) is 22.8 Å². The predicted molar refractivity (Wildman–Crippen MR) is 62.9 cm³/mol. The first kappa shape index (κ1) is 12.8. The maximum atomic E-state index is 11.8. The van der Waals surface area contributed by atoms with Gasteiger partial charge < -0.3 is 15.5 Å². The molecule has 0 saturated heterocycles. The Kier molecular flexibility index (Phi) is 4.55. The van der Waals surface area contributed by atoms with Crippen molar-refractivity contribution in [3.63, 3.8) is 0 Å². The minimum atomic E-state index is -0.455. The van der Waals surface area contributed by atoms with Gasteiger partial charge in [0, 0.05) is 19.5 Å². The highest BCUT2D eigenvalue weighted by Crippen LogP contribution is 2.18. The smallest absolute Gasteiger partial charge is 0.227 e. The molecule has 4 nitrogen and oxygen atoms in total. The Balaban J connectivity index is 2.35. The van der Waals surface area contributed by atoms with Gasteiger partial charge in [-0.1, -0.05) is 6.92 Å². The number of nitrogens with one attached hydrogen (secondary N) is 1. The van der Waals surface area contributed by atoms with Crippen LogP contribution in [-0.4, -0.2) is 19.0 Å². The molecule has 0 radical (unpaired) electrons. The summed E-state index contributed by atoms with van der Waals surface area (Å²) in [7, 11) is 0. The highest BCUT2D eigenvalue weighted by molar-refractivity contribution is 5.82. The quantitative estimate of drug-likeness (QED) is 0.765. The molecule has 4 heteroatoms. The van der Waals surface area contributed by atoms with Gasteiger partial charge in [-0.3, -0.25) is 4.79 Å². The minimum absolute atomic E-state index is 0.0176. The second-order valence-corrected chi connectivity index (χ2v) is 4.20. The van der Waals surface area contributed by atoms with E-state index in [-0.39, 0.29) is 5.91 Å². The Hall–Kier alpha value is -1.29. The highest BCUT2D eigenvalue weighted by atomic mass is 16.3. The van der Waals surface area contributed by atoms with Crippen molar-refractivity contribution in [1.29, 1.82) is 0 Å². The molecule has 90 valence electrons. The molecule has 1 heterocycles. The highest BCUT2D eigenvalue weighted by Gasteiger charge is 2.28. The molecule has 0 fully saturated rings. The minimum Gasteiger partial charge on any atom is -0.469 e. The van der Waals surface area contributed by atoms with E-state index >= 15 is 0 Å². The van der Waals surface area contributed by atoms with Gasteiger partial charge in [0.25, 0.3) is 0 Å². The maximum Gasteiger partial charge on any atom is 0.227 e. The van der Waals surface area contributed by atoms with E-state index in [2.05, 4.69) is 5.32 Å². The van der Waals surface area contributed by atoms with Crippen molar-refractivity contribution in [3.05, 3.63) is 24.2 Å². The monoisotopic (exact) mass is 224 g/mol. The van der Waals surface area contributed by atoms with Gasteiger partial charge in [-0.2, -0.15) is 0 Å². The third-order valence-corrected chi connectivity index (χ3v) is 3.02. The number of furan rings is 1. The van der Waals surface area contributed by atoms with Crippen LogP contribution in [0.3, 0.4) is 0 Å². The lowest BCUT2D eigenvalue weighted by Crippen LogP contribution is -2.44. The van der Waals surface area contributed by atoms with Crippen LogP contribution in [0.4, 0.5) is 0 Å². The molecular formula is C12H20N2O2. The van der Waals surface area contributed by atoms with Gasteiger partial charge in [0.15, 0.2) is 0 Å². The van der Waals surface area contributed by atoms with E-state index in [0.29, 0.717) is 19.5 Å². The van der Waals surface area contributed by atoms with Crippen molar-refractivity contribution in [2.75, 3.05) is 13.1 Å². The second-order valence-electron chi connectivity index (χ2n) is 4.20. The summed E-state index contributed by atoms with van der Waals surface area (Å²) in [4.78, 5) is 11.8. The van der Waals surface area contributed by atoms with E-state index in [1.165, 1.54) is 0 Å². The van der Waals surface area contributed by atoms with Crippen molar-refractivity contribution < 1.29 is 9.21 Å². The lowest BCUT2D eigenvalue weighted by atomic mass is 9.87. The van der Waals surface area contributed by atoms with Crippen molar-refractivity contribution in [3.8, 4) is 0 Å². The fourth-order valence-corrected chi connectivity index (χ4v) is 1.37. The summed E-state index contributed by atoms with van der Waals surface area (Å²) in [5.41, 5.74) is 5.15. The maximum absolute atomic E-state index is 11.8. The largest absolute Gasteiger partial charge is 0.469 e. The molecule has 0 saturated carbocycles. The average Bonchev–Trinajstić information content (AvgIpc) is 2.80. The van der Waals surface area contributed by atoms with E-state index in [4.69, 9.17) is 10.2 Å². The molecule has 1 rings (SSSR count). The number of amides is 1. The van der Waals surface area contributed by atoms with Crippen LogP contribution in [0.5, 0.6) is 0 Å². The fraction of sp³-hybridized carbons (Fsp3) is 0.583. The van der Waals surface area contributed by atoms with Gasteiger partial charge in [-0.05, 0) is 25.5 Å². The van der Waals surface area contributed by atoms with E-state index in [1.807, 2.05) is 26.0 Å². The lowest BCUT2D eigenvalue weighted by molar-refractivity contribution is -0.129. The zero-order valence-corrected chi connectivity index (χ0v) is 9.95. The SMILES string of the molecule is CCC(C)(CN)C(=O)NCCc1ccco1. The zero-order chi connectivity index (χ0) is 12.0. The predicted octanol–water partition coefficient (Wildman–Crippen LogP) is 1.31. The standard InChI is InChI=1S/C12H20N2O2/c1-3-12(2,9-13)11(15)14-7-6-10-5-4-8-16-10/h4-5,8H,3,6-7,9,13H2,1-2H3,(H,14,15). The Bertz CT molecular complexity index is 316. The lowest BCUT2D eigenvalue weighted by Gasteiger charge is -2.24. The Morgan fingerprint density at radius 1 is 1.62 bits per heavy atom. The summed E-state index contributed by atoms with van der Waals surface area (Å²) in [5, 5.41) is 2.88. The Morgan fingerprint density at radius 3 is 2.88 bits per heavy atom. The van der Waals surface area contributed by atoms with Crippen LogP contribution in [0.2, 0.25) is 0 Å². The van der Waals surface area contributed by atoms with Crippen LogP contribution in [0.1, 0.15) is 26.0 Å². The van der Waals surface area contributed by atoms with Crippen LogP contribution < -0.4 is 11.1 Å². The number of hydrogen-bond donors (Lipinski definition) is 2. The first-order chi connectivity index (χ1) is 7.62. The third-order valence-electron chi connectivity index (χ3n) is 3.02. The summed E-state index contributed by atoms with van der Waals surface area (Å²) in [6.45, 7) is 4.81. The molecular weight excluding hydrogens is 204 g/mol. The molecule has 0 aliphatic heterocycles. The second kappa shape index (κ2) is 5.70. The molecule has 1 amide bonds. The third kappa shape index (κ3) is 3.10. The number of hydrogen-bond acceptors (Lipinski definition) is 3. The van der Waals surface area contributed by atoms with Crippen LogP contribution in [0.25, 0.3) is 0 Å². The molecule has 1 aromatic heterocycles. The van der Waals surface area contributed by atoms with Crippen LogP contribution in [0, 0.1) is 5.41 Å². The number of rotatable bonds is 6. The molecule has 3 N–H and O–H groups in total. The molecule has 0 spiro atoms. The number of carbonyl (C=O) groups is 1. The van der Waals surface area contributed by atoms with Gasteiger partial charge in [0.1, 0.15) is 5.76 Å². The van der Waals surface area contributed by atoms with Crippen molar-refractivity contribution in [2.45, 2.75) is 26.7 Å². The van der Waals surface area contributed by atoms with Crippen LogP contribution in [-0.2, 0) is 11.2 Å². The molecule has 0 aromatic carbocycles. The fourth-order valence-electron chi connectivity index (χ4n) is 1.37. The zero-order valence-electron chi connectivity index (χ0n) is 9.95. The first-order valence-electron chi connectivity index (χ1n) is 5.63. The number of carbonyl (C=O) groups excluding carboxylic acids is 1. The summed E-state index contributed by atoms with van der Waals surface area (Å²) < 4.78 is 5.18. The van der Waals surface area contributed by atoms with Gasteiger partial charge in [-0.25, -0.2) is 0 Å². The number of nitrogens with two attached hydrogens (primary N) is 1. The van der Waals surface area contributed by atoms with Crippen molar-refractivity contribution in [1.82, 2.24) is 5.32 Å². The summed E-state index contributed by atoms with van der Waals surface area (Å²) >= 11 is 0. The van der Waals surface area contributed by atoms with E-state index in [9.17, 15) is 4.79 Å². The molecule has 1 atom stereocenters. The molecule has 0 aliphatic carbocycles. The van der Waals surface area contributed by atoms with E-state index in [0.717, 1.165) is 12.2 Å². The normalized spacial score (nSPS) is 14.4. The van der Waals surface area contributed by atoms with Gasteiger partial charge >= 0.3 is 0 Å².